The van der Waals surface area contributed by atoms with Crippen molar-refractivity contribution in [2.75, 3.05) is 31.1 Å². The van der Waals surface area contributed by atoms with Crippen molar-refractivity contribution in [3.8, 4) is 5.82 Å². The van der Waals surface area contributed by atoms with Gasteiger partial charge in [-0.05, 0) is 18.2 Å². The van der Waals surface area contributed by atoms with Crippen LogP contribution in [0.2, 0.25) is 10.0 Å². The Morgan fingerprint density at radius 1 is 0.963 bits per heavy atom. The number of amides is 1. The summed E-state index contributed by atoms with van der Waals surface area (Å²) in [5.74, 6) is 1.33. The van der Waals surface area contributed by atoms with Crippen LogP contribution in [0.5, 0.6) is 0 Å². The van der Waals surface area contributed by atoms with E-state index in [1.807, 2.05) is 6.07 Å². The lowest BCUT2D eigenvalue weighted by molar-refractivity contribution is 0.0746. The van der Waals surface area contributed by atoms with E-state index in [-0.39, 0.29) is 5.91 Å². The largest absolute Gasteiger partial charge is 0.353 e. The van der Waals surface area contributed by atoms with E-state index in [0.29, 0.717) is 47.6 Å². The van der Waals surface area contributed by atoms with Crippen LogP contribution in [-0.4, -0.2) is 61.7 Å². The van der Waals surface area contributed by atoms with Crippen molar-refractivity contribution in [2.45, 2.75) is 0 Å². The van der Waals surface area contributed by atoms with Gasteiger partial charge in [0.15, 0.2) is 5.82 Å². The van der Waals surface area contributed by atoms with Gasteiger partial charge in [0.25, 0.3) is 5.91 Å². The summed E-state index contributed by atoms with van der Waals surface area (Å²) in [4.78, 5) is 29.1. The van der Waals surface area contributed by atoms with Gasteiger partial charge in [0.2, 0.25) is 0 Å². The van der Waals surface area contributed by atoms with Crippen LogP contribution >= 0.6 is 23.2 Å². The Labute approximate surface area is 165 Å². The van der Waals surface area contributed by atoms with Gasteiger partial charge in [0.05, 0.1) is 10.6 Å². The molecule has 2 aromatic heterocycles. The summed E-state index contributed by atoms with van der Waals surface area (Å²) in [7, 11) is 0. The molecule has 0 spiro atoms. The van der Waals surface area contributed by atoms with Gasteiger partial charge in [-0.1, -0.05) is 23.2 Å². The fraction of sp³-hybridized carbons (Fsp3) is 0.235. The predicted octanol–water partition coefficient (Wildman–Crippen LogP) is 2.33. The summed E-state index contributed by atoms with van der Waals surface area (Å²) in [6.07, 6.45) is 4.53. The number of nitrogens with zero attached hydrogens (tertiary/aromatic N) is 7. The number of rotatable bonds is 3. The second kappa shape index (κ2) is 7.50. The first-order valence-electron chi connectivity index (χ1n) is 8.28. The Morgan fingerprint density at radius 3 is 2.44 bits per heavy atom. The van der Waals surface area contributed by atoms with Crippen molar-refractivity contribution >= 4 is 34.9 Å². The van der Waals surface area contributed by atoms with Crippen LogP contribution < -0.4 is 4.90 Å². The molecule has 3 aromatic rings. The minimum Gasteiger partial charge on any atom is -0.353 e. The standard InChI is InChI=1S/C17H15Cl2N7O/c18-12-1-2-13(14(19)7-12)17(27)25-5-3-24(4-6-25)15-8-16(22-10-21-15)26-11-20-9-23-26/h1-2,7-11H,3-6H2. The first-order chi connectivity index (χ1) is 13.1. The third-order valence-electron chi connectivity index (χ3n) is 4.34. The molecule has 0 N–H and O–H groups in total. The molecule has 4 rings (SSSR count). The van der Waals surface area contributed by atoms with Crippen LogP contribution in [0.1, 0.15) is 10.4 Å². The Kier molecular flexibility index (Phi) is 4.91. The molecule has 1 aromatic carbocycles. The van der Waals surface area contributed by atoms with Crippen molar-refractivity contribution in [1.29, 1.82) is 0 Å². The van der Waals surface area contributed by atoms with Crippen molar-refractivity contribution in [1.82, 2.24) is 29.6 Å². The van der Waals surface area contributed by atoms with Crippen LogP contribution in [0, 0.1) is 0 Å². The molecule has 8 nitrogen and oxygen atoms in total. The lowest BCUT2D eigenvalue weighted by Gasteiger charge is -2.35. The molecule has 3 heterocycles. The van der Waals surface area contributed by atoms with Crippen molar-refractivity contribution in [3.63, 3.8) is 0 Å². The molecule has 1 aliphatic heterocycles. The molecule has 0 radical (unpaired) electrons. The fourth-order valence-electron chi connectivity index (χ4n) is 2.93. The second-order valence-electron chi connectivity index (χ2n) is 5.98. The number of halogens is 2. The van der Waals surface area contributed by atoms with E-state index in [1.165, 1.54) is 12.7 Å². The molecule has 27 heavy (non-hydrogen) atoms. The Balaban J connectivity index is 1.45. The molecule has 1 fully saturated rings. The van der Waals surface area contributed by atoms with E-state index in [1.54, 1.807) is 34.1 Å². The van der Waals surface area contributed by atoms with Gasteiger partial charge >= 0.3 is 0 Å². The number of aromatic nitrogens is 5. The van der Waals surface area contributed by atoms with Crippen LogP contribution in [0.3, 0.4) is 0 Å². The molecule has 0 atom stereocenters. The molecule has 0 aliphatic carbocycles. The third kappa shape index (κ3) is 3.72. The zero-order chi connectivity index (χ0) is 18.8. The van der Waals surface area contributed by atoms with E-state index in [9.17, 15) is 4.79 Å². The number of carbonyl (C=O) groups is 1. The zero-order valence-electron chi connectivity index (χ0n) is 14.2. The Morgan fingerprint density at radius 2 is 1.74 bits per heavy atom. The van der Waals surface area contributed by atoms with Gasteiger partial charge < -0.3 is 9.80 Å². The smallest absolute Gasteiger partial charge is 0.255 e. The highest BCUT2D eigenvalue weighted by Gasteiger charge is 2.24. The number of benzene rings is 1. The van der Waals surface area contributed by atoms with Crippen molar-refractivity contribution < 1.29 is 4.79 Å². The molecule has 138 valence electrons. The van der Waals surface area contributed by atoms with Crippen molar-refractivity contribution in [3.05, 3.63) is 58.9 Å². The molecule has 1 amide bonds. The molecule has 1 aliphatic rings. The molecule has 1 saturated heterocycles. The molecule has 10 heteroatoms. The summed E-state index contributed by atoms with van der Waals surface area (Å²) in [6, 6.07) is 6.76. The van der Waals surface area contributed by atoms with E-state index < -0.39 is 0 Å². The van der Waals surface area contributed by atoms with Gasteiger partial charge in [0, 0.05) is 37.3 Å². The topological polar surface area (TPSA) is 80.0 Å². The minimum absolute atomic E-state index is 0.0951. The normalized spacial score (nSPS) is 14.4. The van der Waals surface area contributed by atoms with E-state index >= 15 is 0 Å². The zero-order valence-corrected chi connectivity index (χ0v) is 15.7. The highest BCUT2D eigenvalue weighted by atomic mass is 35.5. The Hall–Kier alpha value is -2.71. The monoisotopic (exact) mass is 403 g/mol. The lowest BCUT2D eigenvalue weighted by atomic mass is 10.1. The average molecular weight is 404 g/mol. The average Bonchev–Trinajstić information content (AvgIpc) is 3.23. The van der Waals surface area contributed by atoms with Crippen molar-refractivity contribution in [2.24, 2.45) is 0 Å². The molecule has 0 unspecified atom stereocenters. The molecular weight excluding hydrogens is 389 g/mol. The van der Waals surface area contributed by atoms with Crippen LogP contribution in [0.4, 0.5) is 5.82 Å². The lowest BCUT2D eigenvalue weighted by Crippen LogP contribution is -2.49. The SMILES string of the molecule is O=C(c1ccc(Cl)cc1Cl)N1CCN(c2cc(-n3cncn3)ncn2)CC1. The first-order valence-corrected chi connectivity index (χ1v) is 9.04. The van der Waals surface area contributed by atoms with Gasteiger partial charge in [-0.3, -0.25) is 4.79 Å². The second-order valence-corrected chi connectivity index (χ2v) is 6.82. The van der Waals surface area contributed by atoms with Gasteiger partial charge in [-0.2, -0.15) is 5.10 Å². The van der Waals surface area contributed by atoms with Gasteiger partial charge in [-0.15, -0.1) is 0 Å². The highest BCUT2D eigenvalue weighted by molar-refractivity contribution is 6.36. The number of piperazine rings is 1. The number of hydrogen-bond donors (Lipinski definition) is 0. The quantitative estimate of drug-likeness (QED) is 0.667. The molecule has 0 saturated carbocycles. The summed E-state index contributed by atoms with van der Waals surface area (Å²) < 4.78 is 1.58. The maximum absolute atomic E-state index is 12.7. The van der Waals surface area contributed by atoms with Gasteiger partial charge in [0.1, 0.15) is 24.8 Å². The number of anilines is 1. The minimum atomic E-state index is -0.0951. The highest BCUT2D eigenvalue weighted by Crippen LogP contribution is 2.23. The Bertz CT molecular complexity index is 956. The first kappa shape index (κ1) is 17.7. The van der Waals surface area contributed by atoms with E-state index in [4.69, 9.17) is 23.2 Å². The van der Waals surface area contributed by atoms with Crippen LogP contribution in [0.25, 0.3) is 5.82 Å². The molecule has 0 bridgehead atoms. The molecular formula is C17H15Cl2N7O. The third-order valence-corrected chi connectivity index (χ3v) is 4.89. The summed E-state index contributed by atoms with van der Waals surface area (Å²) in [5.41, 5.74) is 0.463. The maximum Gasteiger partial charge on any atom is 0.255 e. The van der Waals surface area contributed by atoms with Crippen LogP contribution in [0.15, 0.2) is 43.2 Å². The fourth-order valence-corrected chi connectivity index (χ4v) is 3.42. The predicted molar refractivity (Wildman–Crippen MR) is 102 cm³/mol. The van der Waals surface area contributed by atoms with Crippen LogP contribution in [-0.2, 0) is 0 Å². The number of hydrogen-bond acceptors (Lipinski definition) is 6. The van der Waals surface area contributed by atoms with E-state index in [2.05, 4.69) is 25.0 Å². The van der Waals surface area contributed by atoms with Gasteiger partial charge in [-0.25, -0.2) is 19.6 Å². The maximum atomic E-state index is 12.7. The van der Waals surface area contributed by atoms with E-state index in [0.717, 1.165) is 5.82 Å². The summed E-state index contributed by atoms with van der Waals surface area (Å²) in [5, 5.41) is 4.95. The summed E-state index contributed by atoms with van der Waals surface area (Å²) in [6.45, 7) is 2.45. The number of carbonyl (C=O) groups excluding carboxylic acids is 1. The summed E-state index contributed by atoms with van der Waals surface area (Å²) >= 11 is 12.1.